The van der Waals surface area contributed by atoms with Crippen molar-refractivity contribution < 1.29 is 33.8 Å². The molecule has 0 radical (unpaired) electrons. The molecule has 0 bridgehead atoms. The number of halogens is 1. The van der Waals surface area contributed by atoms with Gasteiger partial charge in [-0.2, -0.15) is 0 Å². The van der Waals surface area contributed by atoms with Crippen LogP contribution in [0.25, 0.3) is 10.8 Å². The third-order valence-corrected chi connectivity index (χ3v) is 2.43. The third kappa shape index (κ3) is 2.91. The first-order chi connectivity index (χ1) is 7.27. The summed E-state index contributed by atoms with van der Waals surface area (Å²) in [5, 5.41) is 2.33. The second-order valence-electron chi connectivity index (χ2n) is 3.51. The maximum absolute atomic E-state index is 10.7. The van der Waals surface area contributed by atoms with Crippen LogP contribution in [0.2, 0.25) is 0 Å². The van der Waals surface area contributed by atoms with Gasteiger partial charge in [0.15, 0.2) is 11.9 Å². The first-order valence-corrected chi connectivity index (χ1v) is 4.94. The van der Waals surface area contributed by atoms with Crippen molar-refractivity contribution in [1.82, 2.24) is 0 Å². The molecule has 16 heavy (non-hydrogen) atoms. The van der Waals surface area contributed by atoms with Gasteiger partial charge in [0, 0.05) is 24.3 Å². The van der Waals surface area contributed by atoms with Crippen molar-refractivity contribution in [3.8, 4) is 0 Å². The van der Waals surface area contributed by atoms with Gasteiger partial charge in [-0.25, -0.2) is 4.98 Å². The van der Waals surface area contributed by atoms with E-state index in [1.54, 1.807) is 0 Å². The molecule has 4 heteroatoms. The largest absolute Gasteiger partial charge is 1.00 e. The summed E-state index contributed by atoms with van der Waals surface area (Å²) in [5.74, 6) is -0.267. The number of carbonyl (C=O) groups excluding carboxylic acids is 1. The molecule has 2 rings (SSSR count). The van der Waals surface area contributed by atoms with E-state index in [1.165, 1.54) is 5.39 Å². The summed E-state index contributed by atoms with van der Waals surface area (Å²) in [6, 6.07) is 10.1. The Morgan fingerprint density at radius 2 is 2.00 bits per heavy atom. The third-order valence-electron chi connectivity index (χ3n) is 2.43. The quantitative estimate of drug-likeness (QED) is 0.656. The van der Waals surface area contributed by atoms with Crippen LogP contribution >= 0.6 is 0 Å². The highest BCUT2D eigenvalue weighted by atomic mass is 127. The van der Waals surface area contributed by atoms with Crippen LogP contribution < -0.4 is 34.7 Å². The second-order valence-corrected chi connectivity index (χ2v) is 3.51. The average Bonchev–Trinajstić information content (AvgIpc) is 2.26. The molecule has 3 N–H and O–H groups in total. The van der Waals surface area contributed by atoms with Gasteiger partial charge in [0.2, 0.25) is 5.91 Å². The summed E-state index contributed by atoms with van der Waals surface area (Å²) >= 11 is 0. The topological polar surface area (TPSA) is 57.2 Å². The highest BCUT2D eigenvalue weighted by Gasteiger charge is 2.08. The van der Waals surface area contributed by atoms with Crippen LogP contribution in [0.5, 0.6) is 0 Å². The fraction of sp³-hybridized carbons (Fsp3) is 0.167. The van der Waals surface area contributed by atoms with E-state index in [2.05, 4.69) is 11.1 Å². The lowest BCUT2D eigenvalue weighted by atomic mass is 10.1. The van der Waals surface area contributed by atoms with Gasteiger partial charge in [0.1, 0.15) is 0 Å². The molecular weight excluding hydrogens is 315 g/mol. The minimum atomic E-state index is -0.267. The van der Waals surface area contributed by atoms with Gasteiger partial charge in [-0.1, -0.05) is 18.2 Å². The highest BCUT2D eigenvalue weighted by Crippen LogP contribution is 2.15. The number of rotatable bonds is 3. The molecule has 0 atom stereocenters. The van der Waals surface area contributed by atoms with Gasteiger partial charge < -0.3 is 29.7 Å². The average molecular weight is 328 g/mol. The number of hydrogen-bond donors (Lipinski definition) is 1. The second kappa shape index (κ2) is 5.79. The lowest BCUT2D eigenvalue weighted by Gasteiger charge is -1.98. The maximum Gasteiger partial charge on any atom is 0.217 e. The molecule has 1 aromatic heterocycles. The van der Waals surface area contributed by atoms with Crippen molar-refractivity contribution in [2.45, 2.75) is 12.8 Å². The number of fused-ring (bicyclic) bond motifs is 1. The van der Waals surface area contributed by atoms with Crippen LogP contribution in [0.15, 0.2) is 36.5 Å². The number of carbonyl (C=O) groups is 1. The molecule has 1 amide bonds. The van der Waals surface area contributed by atoms with Crippen LogP contribution in [0, 0.1) is 0 Å². The van der Waals surface area contributed by atoms with Crippen LogP contribution in [0.1, 0.15) is 12.1 Å². The lowest BCUT2D eigenvalue weighted by molar-refractivity contribution is -0.387. The van der Waals surface area contributed by atoms with Crippen molar-refractivity contribution in [3.05, 3.63) is 42.2 Å². The van der Waals surface area contributed by atoms with Crippen LogP contribution in [-0.2, 0) is 11.2 Å². The Morgan fingerprint density at radius 1 is 1.25 bits per heavy atom. The number of aryl methyl sites for hydroxylation is 1. The van der Waals surface area contributed by atoms with Crippen LogP contribution in [0.4, 0.5) is 0 Å². The fourth-order valence-corrected chi connectivity index (χ4v) is 1.68. The summed E-state index contributed by atoms with van der Waals surface area (Å²) in [4.78, 5) is 13.9. The van der Waals surface area contributed by atoms with E-state index in [0.717, 1.165) is 11.1 Å². The van der Waals surface area contributed by atoms with E-state index in [9.17, 15) is 4.79 Å². The Bertz CT molecular complexity index is 494. The number of H-pyrrole nitrogens is 1. The van der Waals surface area contributed by atoms with Crippen molar-refractivity contribution in [3.63, 3.8) is 0 Å². The van der Waals surface area contributed by atoms with Crippen molar-refractivity contribution in [2.24, 2.45) is 5.73 Å². The molecular formula is C12H13IN2O. The molecule has 84 valence electrons. The molecule has 0 aliphatic heterocycles. The maximum atomic E-state index is 10.7. The van der Waals surface area contributed by atoms with E-state index < -0.39 is 0 Å². The zero-order valence-electron chi connectivity index (χ0n) is 8.74. The summed E-state index contributed by atoms with van der Waals surface area (Å²) in [5.41, 5.74) is 6.19. The van der Waals surface area contributed by atoms with Crippen molar-refractivity contribution >= 4 is 16.7 Å². The summed E-state index contributed by atoms with van der Waals surface area (Å²) in [6.45, 7) is 0. The first kappa shape index (κ1) is 12.9. The van der Waals surface area contributed by atoms with Gasteiger partial charge in [-0.05, 0) is 11.5 Å². The molecule has 3 nitrogen and oxygen atoms in total. The Kier molecular flexibility index (Phi) is 4.67. The van der Waals surface area contributed by atoms with Gasteiger partial charge in [0.25, 0.3) is 0 Å². The van der Waals surface area contributed by atoms with Crippen LogP contribution in [-0.4, -0.2) is 5.91 Å². The number of benzene rings is 1. The number of nitrogens with two attached hydrogens (primary N) is 1. The number of aromatic nitrogens is 1. The molecule has 0 fully saturated rings. The molecule has 0 saturated carbocycles. The van der Waals surface area contributed by atoms with E-state index in [4.69, 9.17) is 5.73 Å². The smallest absolute Gasteiger partial charge is 0.217 e. The molecule has 1 heterocycles. The zero-order valence-corrected chi connectivity index (χ0v) is 10.9. The summed E-state index contributed by atoms with van der Waals surface area (Å²) in [6.07, 6.45) is 2.93. The number of primary amides is 1. The lowest BCUT2D eigenvalue weighted by Crippen LogP contribution is -3.00. The van der Waals surface area contributed by atoms with Crippen molar-refractivity contribution in [1.29, 1.82) is 0 Å². The number of amides is 1. The zero-order chi connectivity index (χ0) is 10.7. The number of nitrogens with one attached hydrogen (secondary N) is 1. The van der Waals surface area contributed by atoms with Gasteiger partial charge in [-0.15, -0.1) is 0 Å². The van der Waals surface area contributed by atoms with E-state index in [1.807, 2.05) is 30.5 Å². The Morgan fingerprint density at radius 3 is 2.75 bits per heavy atom. The molecule has 0 unspecified atom stereocenters. The molecule has 1 aromatic carbocycles. The number of aromatic amines is 1. The standard InChI is InChI=1S/C12H12N2O.HI/c13-12(15)6-5-11-10-4-2-1-3-9(10)7-8-14-11;/h1-4,7-8H,5-6H2,(H2,13,15);1H. The van der Waals surface area contributed by atoms with E-state index >= 15 is 0 Å². The molecule has 0 saturated heterocycles. The van der Waals surface area contributed by atoms with Crippen LogP contribution in [0.3, 0.4) is 0 Å². The number of hydrogen-bond acceptors (Lipinski definition) is 1. The van der Waals surface area contributed by atoms with E-state index in [-0.39, 0.29) is 29.9 Å². The molecule has 0 aliphatic carbocycles. The molecule has 0 aliphatic rings. The first-order valence-electron chi connectivity index (χ1n) is 4.94. The summed E-state index contributed by atoms with van der Waals surface area (Å²) < 4.78 is 0. The van der Waals surface area contributed by atoms with Crippen molar-refractivity contribution in [2.75, 3.05) is 0 Å². The van der Waals surface area contributed by atoms with Gasteiger partial charge >= 0.3 is 0 Å². The SMILES string of the molecule is NC(=O)CCc1[nH+]ccc2ccccc12.[I-]. The number of pyridine rings is 1. The fourth-order valence-electron chi connectivity index (χ4n) is 1.68. The minimum absolute atomic E-state index is 0. The predicted molar refractivity (Wildman–Crippen MR) is 58.0 cm³/mol. The summed E-state index contributed by atoms with van der Waals surface area (Å²) in [7, 11) is 0. The predicted octanol–water partition coefficient (Wildman–Crippen LogP) is -1.92. The Balaban J connectivity index is 0.00000128. The van der Waals surface area contributed by atoms with Gasteiger partial charge in [0.05, 0.1) is 0 Å². The Hall–Kier alpha value is -1.17. The normalized spacial score (nSPS) is 9.75. The van der Waals surface area contributed by atoms with E-state index in [0.29, 0.717) is 12.8 Å². The molecule has 0 spiro atoms. The monoisotopic (exact) mass is 328 g/mol. The van der Waals surface area contributed by atoms with Gasteiger partial charge in [-0.3, -0.25) is 4.79 Å². The minimum Gasteiger partial charge on any atom is -1.00 e. The highest BCUT2D eigenvalue weighted by molar-refractivity contribution is 5.83. The Labute approximate surface area is 111 Å². The molecule has 2 aromatic rings.